The summed E-state index contributed by atoms with van der Waals surface area (Å²) in [5, 5.41) is 13.4. The first-order chi connectivity index (χ1) is 9.65. The van der Waals surface area contributed by atoms with Crippen LogP contribution in [0.4, 0.5) is 5.69 Å². The van der Waals surface area contributed by atoms with Gasteiger partial charge in [0.1, 0.15) is 5.75 Å². The van der Waals surface area contributed by atoms with Crippen molar-refractivity contribution in [1.29, 1.82) is 0 Å². The van der Waals surface area contributed by atoms with E-state index in [0.29, 0.717) is 5.75 Å². The van der Waals surface area contributed by atoms with Crippen LogP contribution in [-0.2, 0) is 0 Å². The maximum atomic E-state index is 12.0. The lowest BCUT2D eigenvalue weighted by molar-refractivity contribution is -0.384. The van der Waals surface area contributed by atoms with E-state index in [0.717, 1.165) is 5.56 Å². The summed E-state index contributed by atoms with van der Waals surface area (Å²) in [5.74, 6) is -0.0444. The Morgan fingerprint density at radius 1 is 1.15 bits per heavy atom. The van der Waals surface area contributed by atoms with E-state index >= 15 is 0 Å². The monoisotopic (exact) mass is 270 g/mol. The van der Waals surface area contributed by atoms with Gasteiger partial charge >= 0.3 is 0 Å². The third kappa shape index (κ3) is 2.07. The first-order valence-corrected chi connectivity index (χ1v) is 5.96. The van der Waals surface area contributed by atoms with Crippen molar-refractivity contribution in [3.63, 3.8) is 0 Å². The summed E-state index contributed by atoms with van der Waals surface area (Å²) < 4.78 is 5.67. The first-order valence-electron chi connectivity index (χ1n) is 5.96. The zero-order valence-electron chi connectivity index (χ0n) is 10.3. The summed E-state index contributed by atoms with van der Waals surface area (Å²) in [6.07, 6.45) is -0.586. The third-order valence-corrected chi connectivity index (χ3v) is 3.03. The van der Waals surface area contributed by atoms with Crippen molar-refractivity contribution in [1.82, 2.24) is 5.32 Å². The molecule has 0 saturated carbocycles. The van der Waals surface area contributed by atoms with Gasteiger partial charge in [0, 0.05) is 17.7 Å². The summed E-state index contributed by atoms with van der Waals surface area (Å²) in [7, 11) is 0. The minimum atomic E-state index is -0.586. The molecule has 0 aliphatic carbocycles. The number of benzene rings is 2. The van der Waals surface area contributed by atoms with Crippen molar-refractivity contribution in [2.24, 2.45) is 0 Å². The number of nitro benzene ring substituents is 1. The van der Waals surface area contributed by atoms with Crippen LogP contribution in [0.15, 0.2) is 48.5 Å². The van der Waals surface area contributed by atoms with E-state index in [9.17, 15) is 14.9 Å². The van der Waals surface area contributed by atoms with Crippen molar-refractivity contribution in [3.05, 3.63) is 69.8 Å². The number of nitro groups is 1. The highest BCUT2D eigenvalue weighted by atomic mass is 16.6. The summed E-state index contributed by atoms with van der Waals surface area (Å²) >= 11 is 0. The molecule has 1 aliphatic rings. The smallest absolute Gasteiger partial charge is 0.270 e. The van der Waals surface area contributed by atoms with Crippen LogP contribution in [0.25, 0.3) is 0 Å². The van der Waals surface area contributed by atoms with Crippen molar-refractivity contribution >= 4 is 11.6 Å². The zero-order chi connectivity index (χ0) is 14.1. The zero-order valence-corrected chi connectivity index (χ0v) is 10.3. The van der Waals surface area contributed by atoms with E-state index in [2.05, 4.69) is 5.32 Å². The number of nitrogens with one attached hydrogen (secondary N) is 1. The minimum Gasteiger partial charge on any atom is -0.466 e. The lowest BCUT2D eigenvalue weighted by Gasteiger charge is -2.26. The number of rotatable bonds is 2. The summed E-state index contributed by atoms with van der Waals surface area (Å²) in [4.78, 5) is 22.2. The van der Waals surface area contributed by atoms with Crippen molar-refractivity contribution in [2.45, 2.75) is 6.23 Å². The van der Waals surface area contributed by atoms with Gasteiger partial charge in [-0.1, -0.05) is 30.3 Å². The number of carbonyl (C=O) groups is 1. The van der Waals surface area contributed by atoms with Crippen molar-refractivity contribution in [3.8, 4) is 5.75 Å². The van der Waals surface area contributed by atoms with Gasteiger partial charge in [-0.25, -0.2) is 0 Å². The van der Waals surface area contributed by atoms with E-state index in [1.165, 1.54) is 18.2 Å². The number of fused-ring (bicyclic) bond motifs is 1. The van der Waals surface area contributed by atoms with Gasteiger partial charge in [0.2, 0.25) is 0 Å². The van der Waals surface area contributed by atoms with Gasteiger partial charge in [0.05, 0.1) is 10.5 Å². The number of ether oxygens (including phenoxy) is 1. The lowest BCUT2D eigenvalue weighted by atomic mass is 10.1. The second-order valence-electron chi connectivity index (χ2n) is 4.32. The molecule has 0 spiro atoms. The second-order valence-corrected chi connectivity index (χ2v) is 4.32. The highest BCUT2D eigenvalue weighted by Gasteiger charge is 2.28. The van der Waals surface area contributed by atoms with Crippen LogP contribution in [0.1, 0.15) is 22.1 Å². The topological polar surface area (TPSA) is 81.5 Å². The number of nitrogens with zero attached hydrogens (tertiary/aromatic N) is 1. The number of hydrogen-bond acceptors (Lipinski definition) is 4. The molecule has 1 atom stereocenters. The number of carbonyl (C=O) groups excluding carboxylic acids is 1. The summed E-state index contributed by atoms with van der Waals surface area (Å²) in [5.41, 5.74) is 0.844. The minimum absolute atomic E-state index is 0.138. The molecule has 1 heterocycles. The van der Waals surface area contributed by atoms with Gasteiger partial charge in [-0.2, -0.15) is 0 Å². The van der Waals surface area contributed by atoms with Gasteiger partial charge in [0.25, 0.3) is 11.6 Å². The molecule has 0 saturated heterocycles. The van der Waals surface area contributed by atoms with Gasteiger partial charge in [-0.05, 0) is 6.07 Å². The quantitative estimate of drug-likeness (QED) is 0.671. The van der Waals surface area contributed by atoms with Gasteiger partial charge < -0.3 is 10.1 Å². The van der Waals surface area contributed by atoms with Crippen LogP contribution in [-0.4, -0.2) is 10.8 Å². The fourth-order valence-corrected chi connectivity index (χ4v) is 2.04. The molecule has 0 fully saturated rings. The maximum Gasteiger partial charge on any atom is 0.270 e. The molecule has 20 heavy (non-hydrogen) atoms. The maximum absolute atomic E-state index is 12.0. The molecule has 0 aromatic heterocycles. The predicted octanol–water partition coefficient (Wildman–Crippen LogP) is 2.42. The van der Waals surface area contributed by atoms with Gasteiger partial charge in [-0.15, -0.1) is 0 Å². The lowest BCUT2D eigenvalue weighted by Crippen LogP contribution is -2.36. The normalized spacial score (nSPS) is 16.8. The standard InChI is InChI=1S/C14H10N2O4/c17-13-11-8-10(16(18)19)6-7-12(11)20-14(15-13)9-4-2-1-3-5-9/h1-8,14H,(H,15,17). The Morgan fingerprint density at radius 3 is 2.60 bits per heavy atom. The Morgan fingerprint density at radius 2 is 1.90 bits per heavy atom. The van der Waals surface area contributed by atoms with Gasteiger partial charge in [-0.3, -0.25) is 14.9 Å². The van der Waals surface area contributed by atoms with Crippen LogP contribution in [0.5, 0.6) is 5.75 Å². The Bertz CT molecular complexity index is 685. The summed E-state index contributed by atoms with van der Waals surface area (Å²) in [6, 6.07) is 13.2. The van der Waals surface area contributed by atoms with E-state index in [-0.39, 0.29) is 17.2 Å². The number of non-ortho nitro benzene ring substituents is 1. The van der Waals surface area contributed by atoms with Crippen LogP contribution in [0, 0.1) is 10.1 Å². The second kappa shape index (κ2) is 4.65. The molecule has 100 valence electrons. The van der Waals surface area contributed by atoms with E-state index < -0.39 is 11.2 Å². The Labute approximate surface area is 114 Å². The van der Waals surface area contributed by atoms with E-state index in [1.807, 2.05) is 30.3 Å². The number of hydrogen-bond donors (Lipinski definition) is 1. The van der Waals surface area contributed by atoms with Crippen LogP contribution >= 0.6 is 0 Å². The predicted molar refractivity (Wildman–Crippen MR) is 70.4 cm³/mol. The number of amides is 1. The fraction of sp³-hybridized carbons (Fsp3) is 0.0714. The van der Waals surface area contributed by atoms with Gasteiger partial charge in [0.15, 0.2) is 6.23 Å². The van der Waals surface area contributed by atoms with Crippen molar-refractivity contribution in [2.75, 3.05) is 0 Å². The molecule has 2 aromatic carbocycles. The van der Waals surface area contributed by atoms with Crippen LogP contribution in [0.2, 0.25) is 0 Å². The molecule has 0 radical (unpaired) electrons. The first kappa shape index (κ1) is 12.2. The van der Waals surface area contributed by atoms with E-state index in [4.69, 9.17) is 4.74 Å². The molecule has 0 bridgehead atoms. The highest BCUT2D eigenvalue weighted by molar-refractivity contribution is 5.98. The molecule has 1 unspecified atom stereocenters. The highest BCUT2D eigenvalue weighted by Crippen LogP contribution is 2.31. The molecule has 6 heteroatoms. The van der Waals surface area contributed by atoms with E-state index in [1.54, 1.807) is 0 Å². The SMILES string of the molecule is O=C1NC(c2ccccc2)Oc2ccc([N+](=O)[O-])cc21. The Kier molecular flexibility index (Phi) is 2.83. The molecular weight excluding hydrogens is 260 g/mol. The van der Waals surface area contributed by atoms with Crippen LogP contribution in [0.3, 0.4) is 0 Å². The molecule has 6 nitrogen and oxygen atoms in total. The Hall–Kier alpha value is -2.89. The Balaban J connectivity index is 1.96. The average molecular weight is 270 g/mol. The van der Waals surface area contributed by atoms with Crippen LogP contribution < -0.4 is 10.1 Å². The molecule has 1 N–H and O–H groups in total. The van der Waals surface area contributed by atoms with Crippen molar-refractivity contribution < 1.29 is 14.5 Å². The molecule has 1 aliphatic heterocycles. The average Bonchev–Trinajstić information content (AvgIpc) is 2.47. The molecule has 2 aromatic rings. The largest absolute Gasteiger partial charge is 0.466 e. The molecular formula is C14H10N2O4. The fourth-order valence-electron chi connectivity index (χ4n) is 2.04. The molecule has 3 rings (SSSR count). The molecule has 1 amide bonds. The third-order valence-electron chi connectivity index (χ3n) is 3.03. The summed E-state index contributed by atoms with van der Waals surface area (Å²) in [6.45, 7) is 0.